The summed E-state index contributed by atoms with van der Waals surface area (Å²) >= 11 is 12.1. The third-order valence-corrected chi connectivity index (χ3v) is 6.05. The summed E-state index contributed by atoms with van der Waals surface area (Å²) in [6, 6.07) is 12.7. The zero-order valence-corrected chi connectivity index (χ0v) is 15.6. The summed E-state index contributed by atoms with van der Waals surface area (Å²) in [5, 5.41) is 1.12. The lowest BCUT2D eigenvalue weighted by Gasteiger charge is -2.37. The highest BCUT2D eigenvalue weighted by atomic mass is 35.5. The summed E-state index contributed by atoms with van der Waals surface area (Å²) in [7, 11) is -3.15. The van der Waals surface area contributed by atoms with Crippen molar-refractivity contribution in [2.45, 2.75) is 4.90 Å². The first kappa shape index (κ1) is 17.4. The third kappa shape index (κ3) is 3.79. The van der Waals surface area contributed by atoms with Gasteiger partial charge in [-0.25, -0.2) is 8.42 Å². The maximum atomic E-state index is 11.5. The zero-order chi connectivity index (χ0) is 17.3. The van der Waals surface area contributed by atoms with Crippen molar-refractivity contribution in [3.8, 4) is 0 Å². The van der Waals surface area contributed by atoms with E-state index in [-0.39, 0.29) is 0 Å². The van der Waals surface area contributed by atoms with Crippen molar-refractivity contribution in [3.05, 3.63) is 52.5 Å². The molecule has 0 N–H and O–H groups in total. The number of sulfone groups is 1. The molecule has 0 saturated carbocycles. The molecule has 128 valence electrons. The molecule has 1 aliphatic heterocycles. The SMILES string of the molecule is CS(=O)(=O)c1ccc(N2CCN(c3ccc(Cl)c(Cl)c3)CC2)cc1. The topological polar surface area (TPSA) is 40.6 Å². The second-order valence-corrected chi connectivity index (χ2v) is 8.67. The molecule has 0 spiro atoms. The molecule has 0 amide bonds. The van der Waals surface area contributed by atoms with Crippen molar-refractivity contribution in [2.75, 3.05) is 42.2 Å². The smallest absolute Gasteiger partial charge is 0.175 e. The summed E-state index contributed by atoms with van der Waals surface area (Å²) < 4.78 is 23.1. The van der Waals surface area contributed by atoms with E-state index in [0.29, 0.717) is 14.9 Å². The summed E-state index contributed by atoms with van der Waals surface area (Å²) in [5.41, 5.74) is 2.10. The Balaban J connectivity index is 1.67. The number of anilines is 2. The number of piperazine rings is 1. The predicted molar refractivity (Wildman–Crippen MR) is 100 cm³/mol. The van der Waals surface area contributed by atoms with Gasteiger partial charge in [-0.3, -0.25) is 0 Å². The van der Waals surface area contributed by atoms with Gasteiger partial charge in [-0.2, -0.15) is 0 Å². The first-order valence-electron chi connectivity index (χ1n) is 7.60. The first-order chi connectivity index (χ1) is 11.3. The van der Waals surface area contributed by atoms with Crippen molar-refractivity contribution >= 4 is 44.4 Å². The second kappa shape index (κ2) is 6.82. The summed E-state index contributed by atoms with van der Waals surface area (Å²) in [6.07, 6.45) is 1.22. The van der Waals surface area contributed by atoms with Crippen LogP contribution in [-0.2, 0) is 9.84 Å². The number of rotatable bonds is 3. The number of nitrogens with zero attached hydrogens (tertiary/aromatic N) is 2. The Bertz CT molecular complexity index is 830. The van der Waals surface area contributed by atoms with Gasteiger partial charge < -0.3 is 9.80 Å². The Kier molecular flexibility index (Phi) is 4.95. The second-order valence-electron chi connectivity index (χ2n) is 5.84. The summed E-state index contributed by atoms with van der Waals surface area (Å²) in [6.45, 7) is 3.45. The zero-order valence-electron chi connectivity index (χ0n) is 13.2. The molecule has 1 heterocycles. The molecule has 1 aliphatic rings. The van der Waals surface area contributed by atoms with Crippen molar-refractivity contribution in [2.24, 2.45) is 0 Å². The van der Waals surface area contributed by atoms with E-state index in [0.717, 1.165) is 37.6 Å². The van der Waals surface area contributed by atoms with Gasteiger partial charge in [0, 0.05) is 43.8 Å². The lowest BCUT2D eigenvalue weighted by molar-refractivity contribution is 0.602. The maximum Gasteiger partial charge on any atom is 0.175 e. The molecule has 1 fully saturated rings. The van der Waals surface area contributed by atoms with Crippen LogP contribution in [0.15, 0.2) is 47.4 Å². The van der Waals surface area contributed by atoms with E-state index >= 15 is 0 Å². The molecule has 24 heavy (non-hydrogen) atoms. The molecule has 7 heteroatoms. The Morgan fingerprint density at radius 1 is 0.792 bits per heavy atom. The van der Waals surface area contributed by atoms with Crippen LogP contribution in [0.25, 0.3) is 0 Å². The third-order valence-electron chi connectivity index (χ3n) is 4.18. The van der Waals surface area contributed by atoms with Gasteiger partial charge in [-0.15, -0.1) is 0 Å². The van der Waals surface area contributed by atoms with Gasteiger partial charge in [0.15, 0.2) is 9.84 Å². The molecule has 4 nitrogen and oxygen atoms in total. The molecule has 0 aliphatic carbocycles. The fraction of sp³-hybridized carbons (Fsp3) is 0.294. The Hall–Kier alpha value is -1.43. The van der Waals surface area contributed by atoms with Gasteiger partial charge >= 0.3 is 0 Å². The van der Waals surface area contributed by atoms with E-state index in [4.69, 9.17) is 23.2 Å². The maximum absolute atomic E-state index is 11.5. The fourth-order valence-corrected chi connectivity index (χ4v) is 3.73. The van der Waals surface area contributed by atoms with Gasteiger partial charge in [-0.1, -0.05) is 23.2 Å². The van der Waals surface area contributed by atoms with Gasteiger partial charge in [0.2, 0.25) is 0 Å². The van der Waals surface area contributed by atoms with Crippen LogP contribution in [0.3, 0.4) is 0 Å². The number of halogens is 2. The van der Waals surface area contributed by atoms with Gasteiger partial charge in [-0.05, 0) is 42.5 Å². The van der Waals surface area contributed by atoms with Crippen LogP contribution >= 0.6 is 23.2 Å². The standard InChI is InChI=1S/C17H18Cl2N2O2S/c1-24(22,23)15-5-2-13(3-6-15)20-8-10-21(11-9-20)14-4-7-16(18)17(19)12-14/h2-7,12H,8-11H2,1H3. The van der Waals surface area contributed by atoms with Crippen LogP contribution in [0.1, 0.15) is 0 Å². The molecule has 2 aromatic carbocycles. The first-order valence-corrected chi connectivity index (χ1v) is 10.2. The largest absolute Gasteiger partial charge is 0.368 e. The van der Waals surface area contributed by atoms with Gasteiger partial charge in [0.05, 0.1) is 14.9 Å². The van der Waals surface area contributed by atoms with E-state index < -0.39 is 9.84 Å². The molecule has 0 unspecified atom stereocenters. The minimum absolute atomic E-state index is 0.348. The molecule has 0 aromatic heterocycles. The minimum atomic E-state index is -3.15. The van der Waals surface area contributed by atoms with Crippen LogP contribution in [-0.4, -0.2) is 40.9 Å². The molecular weight excluding hydrogens is 367 g/mol. The number of benzene rings is 2. The van der Waals surface area contributed by atoms with Crippen LogP contribution in [0.4, 0.5) is 11.4 Å². The van der Waals surface area contributed by atoms with Crippen LogP contribution < -0.4 is 9.80 Å². The fourth-order valence-electron chi connectivity index (χ4n) is 2.81. The van der Waals surface area contributed by atoms with E-state index in [2.05, 4.69) is 9.80 Å². The monoisotopic (exact) mass is 384 g/mol. The minimum Gasteiger partial charge on any atom is -0.368 e. The van der Waals surface area contributed by atoms with Crippen molar-refractivity contribution in [3.63, 3.8) is 0 Å². The molecular formula is C17H18Cl2N2O2S. The molecule has 0 atom stereocenters. The highest BCUT2D eigenvalue weighted by Gasteiger charge is 2.18. The van der Waals surface area contributed by atoms with Crippen LogP contribution in [0.2, 0.25) is 10.0 Å². The quantitative estimate of drug-likeness (QED) is 0.808. The average molecular weight is 385 g/mol. The van der Waals surface area contributed by atoms with Crippen LogP contribution in [0.5, 0.6) is 0 Å². The van der Waals surface area contributed by atoms with E-state index in [1.54, 1.807) is 12.1 Å². The molecule has 0 radical (unpaired) electrons. The van der Waals surface area contributed by atoms with Crippen molar-refractivity contribution in [1.82, 2.24) is 0 Å². The molecule has 0 bridgehead atoms. The lowest BCUT2D eigenvalue weighted by Crippen LogP contribution is -2.46. The Labute approximate surface area is 152 Å². The van der Waals surface area contributed by atoms with Gasteiger partial charge in [0.1, 0.15) is 0 Å². The summed E-state index contributed by atoms with van der Waals surface area (Å²) in [5.74, 6) is 0. The van der Waals surface area contributed by atoms with Crippen molar-refractivity contribution in [1.29, 1.82) is 0 Å². The number of hydrogen-bond acceptors (Lipinski definition) is 4. The predicted octanol–water partition coefficient (Wildman–Crippen LogP) is 3.72. The average Bonchev–Trinajstić information content (AvgIpc) is 2.57. The lowest BCUT2D eigenvalue weighted by atomic mass is 10.2. The highest BCUT2D eigenvalue weighted by molar-refractivity contribution is 7.90. The van der Waals surface area contributed by atoms with Gasteiger partial charge in [0.25, 0.3) is 0 Å². The van der Waals surface area contributed by atoms with Crippen molar-refractivity contribution < 1.29 is 8.42 Å². The summed E-state index contributed by atoms with van der Waals surface area (Å²) in [4.78, 5) is 4.87. The normalized spacial score (nSPS) is 15.6. The number of hydrogen-bond donors (Lipinski definition) is 0. The molecule has 1 saturated heterocycles. The van der Waals surface area contributed by atoms with E-state index in [9.17, 15) is 8.42 Å². The van der Waals surface area contributed by atoms with E-state index in [1.807, 2.05) is 30.3 Å². The van der Waals surface area contributed by atoms with E-state index in [1.165, 1.54) is 6.26 Å². The Morgan fingerprint density at radius 3 is 1.79 bits per heavy atom. The molecule has 2 aromatic rings. The molecule has 3 rings (SSSR count). The Morgan fingerprint density at radius 2 is 1.29 bits per heavy atom. The van der Waals surface area contributed by atoms with Crippen LogP contribution in [0, 0.1) is 0 Å². The highest BCUT2D eigenvalue weighted by Crippen LogP contribution is 2.28.